The summed E-state index contributed by atoms with van der Waals surface area (Å²) in [6, 6.07) is 15.0. The maximum atomic E-state index is 12.4. The Kier molecular flexibility index (Phi) is 5.61. The normalized spacial score (nSPS) is 14.0. The highest BCUT2D eigenvalue weighted by molar-refractivity contribution is 7.92. The number of nitrogens with one attached hydrogen (secondary N) is 1. The van der Waals surface area contributed by atoms with Gasteiger partial charge < -0.3 is 4.90 Å². The fraction of sp³-hybridized carbons (Fsp3) is 0.350. The molecule has 0 saturated heterocycles. The van der Waals surface area contributed by atoms with Crippen molar-refractivity contribution < 1.29 is 13.2 Å². The highest BCUT2D eigenvalue weighted by atomic mass is 32.2. The monoisotopic (exact) mass is 372 g/mol. The predicted octanol–water partition coefficient (Wildman–Crippen LogP) is 3.36. The molecule has 2 aromatic carbocycles. The number of amides is 1. The van der Waals surface area contributed by atoms with Crippen LogP contribution in [0.1, 0.15) is 30.9 Å². The van der Waals surface area contributed by atoms with Crippen molar-refractivity contribution in [3.05, 3.63) is 59.7 Å². The maximum Gasteiger partial charge on any atom is 0.233 e. The summed E-state index contributed by atoms with van der Waals surface area (Å²) in [5, 5.41) is 0. The van der Waals surface area contributed by atoms with E-state index in [0.717, 1.165) is 36.2 Å². The van der Waals surface area contributed by atoms with E-state index in [9.17, 15) is 13.2 Å². The van der Waals surface area contributed by atoms with Gasteiger partial charge in [-0.2, -0.15) is 0 Å². The zero-order valence-electron chi connectivity index (χ0n) is 14.9. The molecule has 0 radical (unpaired) electrons. The largest absolute Gasteiger partial charge is 0.312 e. The number of nitrogens with zero attached hydrogens (tertiary/aromatic N) is 1. The average molecular weight is 372 g/mol. The molecule has 0 aliphatic carbocycles. The Labute approximate surface area is 155 Å². The van der Waals surface area contributed by atoms with Crippen LogP contribution in [0.2, 0.25) is 0 Å². The van der Waals surface area contributed by atoms with Gasteiger partial charge in [0.1, 0.15) is 0 Å². The zero-order chi connectivity index (χ0) is 18.6. The Bertz CT molecular complexity index is 879. The van der Waals surface area contributed by atoms with E-state index in [4.69, 9.17) is 0 Å². The van der Waals surface area contributed by atoms with Gasteiger partial charge in [0.2, 0.25) is 15.9 Å². The molecule has 5 nitrogen and oxygen atoms in total. The van der Waals surface area contributed by atoms with Gasteiger partial charge in [0.15, 0.2) is 0 Å². The lowest BCUT2D eigenvalue weighted by atomic mass is 10.0. The lowest BCUT2D eigenvalue weighted by Gasteiger charge is -2.29. The van der Waals surface area contributed by atoms with Crippen molar-refractivity contribution >= 4 is 27.3 Å². The van der Waals surface area contributed by atoms with Crippen LogP contribution in [-0.2, 0) is 27.7 Å². The van der Waals surface area contributed by atoms with Crippen molar-refractivity contribution in [3.63, 3.8) is 0 Å². The SMILES string of the molecule is CCC(=O)N1CCCc2cc(NS(=O)(=O)CCc3ccccc3)ccc21. The second-order valence-electron chi connectivity index (χ2n) is 6.50. The number of hydrogen-bond acceptors (Lipinski definition) is 3. The molecule has 1 heterocycles. The molecule has 1 N–H and O–H groups in total. The lowest BCUT2D eigenvalue weighted by molar-refractivity contribution is -0.118. The summed E-state index contributed by atoms with van der Waals surface area (Å²) < 4.78 is 27.4. The third-order valence-corrected chi connectivity index (χ3v) is 5.87. The summed E-state index contributed by atoms with van der Waals surface area (Å²) in [4.78, 5) is 13.9. The third-order valence-electron chi connectivity index (χ3n) is 4.58. The van der Waals surface area contributed by atoms with Crippen molar-refractivity contribution in [2.75, 3.05) is 21.9 Å². The van der Waals surface area contributed by atoms with Gasteiger partial charge in [-0.15, -0.1) is 0 Å². The van der Waals surface area contributed by atoms with Gasteiger partial charge in [-0.1, -0.05) is 37.3 Å². The van der Waals surface area contributed by atoms with Gasteiger partial charge in [0.05, 0.1) is 5.75 Å². The number of aryl methyl sites for hydroxylation is 2. The van der Waals surface area contributed by atoms with Gasteiger partial charge in [-0.25, -0.2) is 8.42 Å². The molecule has 1 amide bonds. The van der Waals surface area contributed by atoms with Crippen LogP contribution < -0.4 is 9.62 Å². The average Bonchev–Trinajstić information content (AvgIpc) is 2.65. The highest BCUT2D eigenvalue weighted by Gasteiger charge is 2.22. The molecule has 26 heavy (non-hydrogen) atoms. The standard InChI is InChI=1S/C20H24N2O3S/c1-2-20(23)22-13-6-9-17-15-18(10-11-19(17)22)21-26(24,25)14-12-16-7-4-3-5-8-16/h3-5,7-8,10-11,15,21H,2,6,9,12-14H2,1H3. The number of carbonyl (C=O) groups is 1. The van der Waals surface area contributed by atoms with E-state index < -0.39 is 10.0 Å². The van der Waals surface area contributed by atoms with Crippen molar-refractivity contribution in [1.82, 2.24) is 0 Å². The molecular formula is C20H24N2O3S. The number of fused-ring (bicyclic) bond motifs is 1. The Morgan fingerprint density at radius 2 is 1.92 bits per heavy atom. The van der Waals surface area contributed by atoms with Crippen LogP contribution in [0.4, 0.5) is 11.4 Å². The number of benzene rings is 2. The van der Waals surface area contributed by atoms with Gasteiger partial charge in [0.25, 0.3) is 0 Å². The van der Waals surface area contributed by atoms with Gasteiger partial charge >= 0.3 is 0 Å². The fourth-order valence-corrected chi connectivity index (χ4v) is 4.33. The number of sulfonamides is 1. The summed E-state index contributed by atoms with van der Waals surface area (Å²) in [7, 11) is -3.42. The molecule has 0 atom stereocenters. The summed E-state index contributed by atoms with van der Waals surface area (Å²) in [6.07, 6.45) is 2.68. The molecular weight excluding hydrogens is 348 g/mol. The fourth-order valence-electron chi connectivity index (χ4n) is 3.24. The number of rotatable bonds is 6. The molecule has 0 spiro atoms. The van der Waals surface area contributed by atoms with Crippen LogP contribution in [0.25, 0.3) is 0 Å². The van der Waals surface area contributed by atoms with E-state index in [1.165, 1.54) is 0 Å². The van der Waals surface area contributed by atoms with Crippen LogP contribution in [0.5, 0.6) is 0 Å². The first kappa shape index (κ1) is 18.5. The second-order valence-corrected chi connectivity index (χ2v) is 8.34. The maximum absolute atomic E-state index is 12.4. The quantitative estimate of drug-likeness (QED) is 0.845. The van der Waals surface area contributed by atoms with E-state index in [0.29, 0.717) is 18.5 Å². The van der Waals surface area contributed by atoms with Crippen molar-refractivity contribution in [3.8, 4) is 0 Å². The third kappa shape index (κ3) is 4.43. The van der Waals surface area contributed by atoms with Gasteiger partial charge in [-0.3, -0.25) is 9.52 Å². The van der Waals surface area contributed by atoms with Crippen LogP contribution in [0.3, 0.4) is 0 Å². The predicted molar refractivity (Wildman–Crippen MR) is 105 cm³/mol. The minimum atomic E-state index is -3.42. The molecule has 0 unspecified atom stereocenters. The molecule has 0 fully saturated rings. The van der Waals surface area contributed by atoms with E-state index in [2.05, 4.69) is 4.72 Å². The van der Waals surface area contributed by atoms with Crippen molar-refractivity contribution in [2.45, 2.75) is 32.6 Å². The molecule has 0 bridgehead atoms. The van der Waals surface area contributed by atoms with E-state index >= 15 is 0 Å². The van der Waals surface area contributed by atoms with E-state index in [1.54, 1.807) is 11.0 Å². The number of hydrogen-bond donors (Lipinski definition) is 1. The van der Waals surface area contributed by atoms with E-state index in [1.807, 2.05) is 49.4 Å². The first-order valence-electron chi connectivity index (χ1n) is 8.96. The Hall–Kier alpha value is -2.34. The number of anilines is 2. The first-order valence-corrected chi connectivity index (χ1v) is 10.6. The molecule has 1 aliphatic rings. The smallest absolute Gasteiger partial charge is 0.233 e. The summed E-state index contributed by atoms with van der Waals surface area (Å²) in [5.41, 5.74) is 3.47. The van der Waals surface area contributed by atoms with Gasteiger partial charge in [-0.05, 0) is 48.6 Å². The van der Waals surface area contributed by atoms with Gasteiger partial charge in [0, 0.05) is 24.3 Å². The highest BCUT2D eigenvalue weighted by Crippen LogP contribution is 2.30. The van der Waals surface area contributed by atoms with E-state index in [-0.39, 0.29) is 11.7 Å². The van der Waals surface area contributed by atoms with Crippen molar-refractivity contribution in [1.29, 1.82) is 0 Å². The second kappa shape index (κ2) is 7.91. The molecule has 2 aromatic rings. The lowest BCUT2D eigenvalue weighted by Crippen LogP contribution is -2.34. The van der Waals surface area contributed by atoms with Crippen LogP contribution in [0.15, 0.2) is 48.5 Å². The zero-order valence-corrected chi connectivity index (χ0v) is 15.8. The summed E-state index contributed by atoms with van der Waals surface area (Å²) in [5.74, 6) is 0.135. The molecule has 0 saturated carbocycles. The van der Waals surface area contributed by atoms with Crippen LogP contribution in [-0.4, -0.2) is 26.6 Å². The topological polar surface area (TPSA) is 66.5 Å². The minimum absolute atomic E-state index is 0.0363. The molecule has 0 aromatic heterocycles. The summed E-state index contributed by atoms with van der Waals surface area (Å²) in [6.45, 7) is 2.58. The Morgan fingerprint density at radius 1 is 1.15 bits per heavy atom. The Morgan fingerprint density at radius 3 is 2.65 bits per heavy atom. The summed E-state index contributed by atoms with van der Waals surface area (Å²) >= 11 is 0. The number of carbonyl (C=O) groups excluding carboxylic acids is 1. The van der Waals surface area contributed by atoms with Crippen LogP contribution >= 0.6 is 0 Å². The van der Waals surface area contributed by atoms with Crippen molar-refractivity contribution in [2.24, 2.45) is 0 Å². The molecule has 1 aliphatic heterocycles. The minimum Gasteiger partial charge on any atom is -0.312 e. The molecule has 3 rings (SSSR count). The first-order chi connectivity index (χ1) is 12.5. The Balaban J connectivity index is 1.71. The molecule has 6 heteroatoms. The van der Waals surface area contributed by atoms with Crippen LogP contribution in [0, 0.1) is 0 Å². The molecule has 138 valence electrons.